The topological polar surface area (TPSA) is 58.6 Å². The van der Waals surface area contributed by atoms with E-state index in [9.17, 15) is 9.59 Å². The van der Waals surface area contributed by atoms with Crippen LogP contribution in [-0.4, -0.2) is 50.4 Å². The van der Waals surface area contributed by atoms with Crippen molar-refractivity contribution in [3.8, 4) is 5.75 Å². The molecule has 0 saturated carbocycles. The molecule has 0 radical (unpaired) electrons. The van der Waals surface area contributed by atoms with E-state index in [2.05, 4.69) is 24.1 Å². The summed E-state index contributed by atoms with van der Waals surface area (Å²) in [6, 6.07) is 11.2. The zero-order valence-corrected chi connectivity index (χ0v) is 18.3. The number of Topliss-reactive ketones (excluding diaryl/α,β-unsaturated/α-hetero) is 1. The van der Waals surface area contributed by atoms with Crippen molar-refractivity contribution < 1.29 is 14.3 Å². The fraction of sp³-hybridized carbons (Fsp3) is 0.417. The molecule has 0 aliphatic rings. The van der Waals surface area contributed by atoms with Gasteiger partial charge in [0.15, 0.2) is 5.78 Å². The van der Waals surface area contributed by atoms with Crippen LogP contribution in [0.3, 0.4) is 0 Å². The molecule has 2 aromatic carbocycles. The molecule has 0 aliphatic heterocycles. The van der Waals surface area contributed by atoms with Crippen molar-refractivity contribution in [2.45, 2.75) is 39.7 Å². The number of rotatable bonds is 9. The number of nitrogens with one attached hydrogen (secondary N) is 1. The average Bonchev–Trinajstić information content (AvgIpc) is 2.71. The predicted octanol–water partition coefficient (Wildman–Crippen LogP) is 3.81. The van der Waals surface area contributed by atoms with E-state index in [0.717, 1.165) is 28.9 Å². The zero-order valence-electron chi connectivity index (χ0n) is 18.3. The maximum absolute atomic E-state index is 12.5. The molecule has 0 aromatic heterocycles. The van der Waals surface area contributed by atoms with Crippen LogP contribution < -0.4 is 10.1 Å². The van der Waals surface area contributed by atoms with E-state index in [1.54, 1.807) is 31.4 Å². The van der Waals surface area contributed by atoms with E-state index in [0.29, 0.717) is 18.5 Å². The first kappa shape index (κ1) is 22.6. The van der Waals surface area contributed by atoms with Crippen LogP contribution in [-0.2, 0) is 6.42 Å². The normalized spacial score (nSPS) is 12.0. The summed E-state index contributed by atoms with van der Waals surface area (Å²) in [5, 5.41) is 3.04. The van der Waals surface area contributed by atoms with Gasteiger partial charge in [-0.1, -0.05) is 6.92 Å². The number of ether oxygens (including phenoxy) is 1. The Morgan fingerprint density at radius 1 is 1.03 bits per heavy atom. The van der Waals surface area contributed by atoms with Crippen molar-refractivity contribution in [3.63, 3.8) is 0 Å². The van der Waals surface area contributed by atoms with Gasteiger partial charge in [-0.15, -0.1) is 0 Å². The zero-order chi connectivity index (χ0) is 21.6. The minimum atomic E-state index is -0.100. The molecule has 5 heteroatoms. The third-order valence-electron chi connectivity index (χ3n) is 5.36. The number of hydrogen-bond acceptors (Lipinski definition) is 4. The van der Waals surface area contributed by atoms with E-state index >= 15 is 0 Å². The van der Waals surface area contributed by atoms with Gasteiger partial charge in [0.2, 0.25) is 0 Å². The van der Waals surface area contributed by atoms with E-state index in [-0.39, 0.29) is 17.7 Å². The van der Waals surface area contributed by atoms with Crippen LogP contribution >= 0.6 is 0 Å². The summed E-state index contributed by atoms with van der Waals surface area (Å²) >= 11 is 0. The largest absolute Gasteiger partial charge is 0.497 e. The average molecular weight is 397 g/mol. The van der Waals surface area contributed by atoms with Gasteiger partial charge in [-0.3, -0.25) is 9.59 Å². The molecule has 2 aromatic rings. The number of carbonyl (C=O) groups is 2. The number of amides is 1. The molecule has 1 amide bonds. The lowest BCUT2D eigenvalue weighted by atomic mass is 9.92. The highest BCUT2D eigenvalue weighted by Crippen LogP contribution is 2.21. The molecule has 156 valence electrons. The highest BCUT2D eigenvalue weighted by atomic mass is 16.5. The van der Waals surface area contributed by atoms with Crippen molar-refractivity contribution in [1.82, 2.24) is 10.2 Å². The van der Waals surface area contributed by atoms with Gasteiger partial charge in [-0.2, -0.15) is 0 Å². The second-order valence-corrected chi connectivity index (χ2v) is 7.63. The third kappa shape index (κ3) is 5.91. The Balaban J connectivity index is 2.10. The molecule has 2 rings (SSSR count). The van der Waals surface area contributed by atoms with Gasteiger partial charge in [0.25, 0.3) is 5.91 Å². The van der Waals surface area contributed by atoms with E-state index in [1.165, 1.54) is 5.56 Å². The molecule has 0 saturated heterocycles. The van der Waals surface area contributed by atoms with Crippen molar-refractivity contribution in [2.24, 2.45) is 0 Å². The SMILES string of the molecule is CCC(=O)c1cc(C)c(C[C@@H](CNC(=O)c2ccc(OC)cc2)N(C)C)c(C)c1. The highest BCUT2D eigenvalue weighted by Gasteiger charge is 2.18. The molecular formula is C24H32N2O3. The standard InChI is InChI=1S/C24H32N2O3/c1-7-23(27)19-12-16(2)22(17(3)13-19)14-20(26(4)5)15-25-24(28)18-8-10-21(29-6)11-9-18/h8-13,20H,7,14-15H2,1-6H3,(H,25,28)/t20-/m0/s1. The molecule has 0 aliphatic carbocycles. The Labute approximate surface area is 174 Å². The Kier molecular flexibility index (Phi) is 7.97. The Morgan fingerprint density at radius 3 is 2.10 bits per heavy atom. The van der Waals surface area contributed by atoms with Crippen LogP contribution in [0.5, 0.6) is 5.75 Å². The number of carbonyl (C=O) groups excluding carboxylic acids is 2. The number of likely N-dealkylation sites (N-methyl/N-ethyl adjacent to an activating group) is 1. The molecule has 0 bridgehead atoms. The lowest BCUT2D eigenvalue weighted by Gasteiger charge is -2.26. The van der Waals surface area contributed by atoms with Gasteiger partial charge in [-0.25, -0.2) is 0 Å². The van der Waals surface area contributed by atoms with Crippen LogP contribution in [0.2, 0.25) is 0 Å². The molecule has 0 unspecified atom stereocenters. The molecular weight excluding hydrogens is 364 g/mol. The van der Waals surface area contributed by atoms with Gasteiger partial charge in [0, 0.05) is 30.1 Å². The predicted molar refractivity (Wildman–Crippen MR) is 117 cm³/mol. The summed E-state index contributed by atoms with van der Waals surface area (Å²) in [7, 11) is 5.64. The van der Waals surface area contributed by atoms with Crippen LogP contribution in [0.15, 0.2) is 36.4 Å². The van der Waals surface area contributed by atoms with E-state index in [1.807, 2.05) is 33.2 Å². The van der Waals surface area contributed by atoms with Crippen LogP contribution in [0.25, 0.3) is 0 Å². The van der Waals surface area contributed by atoms with Crippen LogP contribution in [0, 0.1) is 13.8 Å². The third-order valence-corrected chi connectivity index (χ3v) is 5.36. The van der Waals surface area contributed by atoms with Gasteiger partial charge in [-0.05, 0) is 87.5 Å². The molecule has 0 heterocycles. The molecule has 1 atom stereocenters. The molecule has 0 spiro atoms. The summed E-state index contributed by atoms with van der Waals surface area (Å²) in [4.78, 5) is 26.7. The maximum atomic E-state index is 12.5. The maximum Gasteiger partial charge on any atom is 0.251 e. The smallest absolute Gasteiger partial charge is 0.251 e. The first-order valence-corrected chi connectivity index (χ1v) is 9.98. The number of methoxy groups -OCH3 is 1. The van der Waals surface area contributed by atoms with Crippen molar-refractivity contribution >= 4 is 11.7 Å². The van der Waals surface area contributed by atoms with Crippen molar-refractivity contribution in [3.05, 3.63) is 64.2 Å². The first-order valence-electron chi connectivity index (χ1n) is 9.98. The Bertz CT molecular complexity index is 834. The van der Waals surface area contributed by atoms with E-state index < -0.39 is 0 Å². The summed E-state index contributed by atoms with van der Waals surface area (Å²) in [6.07, 6.45) is 1.31. The van der Waals surface area contributed by atoms with Gasteiger partial charge >= 0.3 is 0 Å². The second kappa shape index (κ2) is 10.2. The van der Waals surface area contributed by atoms with Crippen molar-refractivity contribution in [1.29, 1.82) is 0 Å². The lowest BCUT2D eigenvalue weighted by molar-refractivity contribution is 0.0940. The number of benzene rings is 2. The highest BCUT2D eigenvalue weighted by molar-refractivity contribution is 5.96. The fourth-order valence-electron chi connectivity index (χ4n) is 3.41. The number of ketones is 1. The second-order valence-electron chi connectivity index (χ2n) is 7.63. The summed E-state index contributed by atoms with van der Waals surface area (Å²) < 4.78 is 5.14. The molecule has 1 N–H and O–H groups in total. The van der Waals surface area contributed by atoms with E-state index in [4.69, 9.17) is 4.74 Å². The summed E-state index contributed by atoms with van der Waals surface area (Å²) in [5.41, 5.74) is 4.86. The molecule has 5 nitrogen and oxygen atoms in total. The first-order chi connectivity index (χ1) is 13.8. The quantitative estimate of drug-likeness (QED) is 0.655. The number of aryl methyl sites for hydroxylation is 2. The van der Waals surface area contributed by atoms with Crippen molar-refractivity contribution in [2.75, 3.05) is 27.7 Å². The van der Waals surface area contributed by atoms with Gasteiger partial charge < -0.3 is 15.0 Å². The molecule has 29 heavy (non-hydrogen) atoms. The summed E-state index contributed by atoms with van der Waals surface area (Å²) in [5.74, 6) is 0.791. The number of hydrogen-bond donors (Lipinski definition) is 1. The summed E-state index contributed by atoms with van der Waals surface area (Å²) in [6.45, 7) is 6.52. The van der Waals surface area contributed by atoms with Gasteiger partial charge in [0.1, 0.15) is 5.75 Å². The minimum Gasteiger partial charge on any atom is -0.497 e. The Morgan fingerprint density at radius 2 is 1.62 bits per heavy atom. The van der Waals surface area contributed by atoms with Gasteiger partial charge in [0.05, 0.1) is 7.11 Å². The minimum absolute atomic E-state index is 0.100. The van der Waals surface area contributed by atoms with Crippen LogP contribution in [0.4, 0.5) is 0 Å². The lowest BCUT2D eigenvalue weighted by Crippen LogP contribution is -2.41. The fourth-order valence-corrected chi connectivity index (χ4v) is 3.41. The Hall–Kier alpha value is -2.66. The number of nitrogens with zero attached hydrogens (tertiary/aromatic N) is 1. The van der Waals surface area contributed by atoms with Crippen LogP contribution in [0.1, 0.15) is 50.8 Å². The molecule has 0 fully saturated rings. The monoisotopic (exact) mass is 396 g/mol.